The lowest BCUT2D eigenvalue weighted by molar-refractivity contribution is -0.274. The summed E-state index contributed by atoms with van der Waals surface area (Å²) in [7, 11) is 0. The SMILES string of the molecule is O=C(CCc1nc(-c2ccsc2)no1)NCc1ccccc1OC(F)(F)F. The molecule has 0 bridgehead atoms. The molecular weight excluding hydrogens is 383 g/mol. The van der Waals surface area contributed by atoms with E-state index < -0.39 is 6.36 Å². The van der Waals surface area contributed by atoms with Crippen molar-refractivity contribution in [2.24, 2.45) is 0 Å². The zero-order chi connectivity index (χ0) is 19.3. The fourth-order valence-electron chi connectivity index (χ4n) is 2.24. The Kier molecular flexibility index (Phi) is 5.75. The molecule has 1 aromatic carbocycles. The van der Waals surface area contributed by atoms with E-state index in [1.165, 1.54) is 29.5 Å². The molecule has 3 rings (SSSR count). The number of amides is 1. The van der Waals surface area contributed by atoms with Crippen LogP contribution < -0.4 is 10.1 Å². The maximum atomic E-state index is 12.4. The number of thiophene rings is 1. The molecule has 0 saturated carbocycles. The molecule has 0 aliphatic heterocycles. The third-order valence-corrected chi connectivity index (χ3v) is 4.17. The monoisotopic (exact) mass is 397 g/mol. The minimum Gasteiger partial charge on any atom is -0.405 e. The number of aryl methyl sites for hydroxylation is 1. The van der Waals surface area contributed by atoms with Crippen LogP contribution in [-0.4, -0.2) is 22.4 Å². The van der Waals surface area contributed by atoms with Gasteiger partial charge < -0.3 is 14.6 Å². The molecular formula is C17H14F3N3O3S. The van der Waals surface area contributed by atoms with Gasteiger partial charge in [-0.1, -0.05) is 23.4 Å². The second-order valence-corrected chi connectivity index (χ2v) is 6.24. The van der Waals surface area contributed by atoms with Crippen LogP contribution in [0.2, 0.25) is 0 Å². The van der Waals surface area contributed by atoms with Gasteiger partial charge in [-0.3, -0.25) is 4.79 Å². The highest BCUT2D eigenvalue weighted by Gasteiger charge is 2.31. The van der Waals surface area contributed by atoms with Crippen LogP contribution in [0.3, 0.4) is 0 Å². The van der Waals surface area contributed by atoms with Gasteiger partial charge in [0.05, 0.1) is 0 Å². The van der Waals surface area contributed by atoms with Crippen LogP contribution in [0.1, 0.15) is 17.9 Å². The van der Waals surface area contributed by atoms with Crippen molar-refractivity contribution < 1.29 is 27.2 Å². The van der Waals surface area contributed by atoms with E-state index in [0.717, 1.165) is 5.56 Å². The van der Waals surface area contributed by atoms with Crippen LogP contribution in [0.4, 0.5) is 13.2 Å². The van der Waals surface area contributed by atoms with Crippen molar-refractivity contribution in [3.05, 3.63) is 52.5 Å². The largest absolute Gasteiger partial charge is 0.573 e. The number of halogens is 3. The Morgan fingerprint density at radius 2 is 2.07 bits per heavy atom. The van der Waals surface area contributed by atoms with Gasteiger partial charge in [-0.05, 0) is 17.5 Å². The highest BCUT2D eigenvalue weighted by Crippen LogP contribution is 2.26. The van der Waals surface area contributed by atoms with Crippen LogP contribution in [0.5, 0.6) is 5.75 Å². The number of nitrogens with one attached hydrogen (secondary N) is 1. The lowest BCUT2D eigenvalue weighted by Crippen LogP contribution is -2.24. The minimum atomic E-state index is -4.79. The predicted molar refractivity (Wildman–Crippen MR) is 90.9 cm³/mol. The predicted octanol–water partition coefficient (Wildman–Crippen LogP) is 3.95. The summed E-state index contributed by atoms with van der Waals surface area (Å²) in [5.41, 5.74) is 1.06. The maximum absolute atomic E-state index is 12.4. The van der Waals surface area contributed by atoms with Crippen molar-refractivity contribution in [2.75, 3.05) is 0 Å². The zero-order valence-corrected chi connectivity index (χ0v) is 14.6. The Labute approximate surface area is 156 Å². The molecule has 6 nitrogen and oxygen atoms in total. The third kappa shape index (κ3) is 5.55. The summed E-state index contributed by atoms with van der Waals surface area (Å²) in [6.45, 7) is -0.0882. The summed E-state index contributed by atoms with van der Waals surface area (Å²) >= 11 is 1.50. The van der Waals surface area contributed by atoms with E-state index in [2.05, 4.69) is 20.2 Å². The van der Waals surface area contributed by atoms with Crippen LogP contribution in [0.15, 0.2) is 45.6 Å². The number of carbonyl (C=O) groups is 1. The first-order chi connectivity index (χ1) is 12.9. The van der Waals surface area contributed by atoms with Gasteiger partial charge in [-0.2, -0.15) is 16.3 Å². The first-order valence-electron chi connectivity index (χ1n) is 7.86. The molecule has 0 atom stereocenters. The minimum absolute atomic E-state index is 0.0631. The summed E-state index contributed by atoms with van der Waals surface area (Å²) in [6, 6.07) is 7.49. The zero-order valence-electron chi connectivity index (χ0n) is 13.8. The molecule has 0 unspecified atom stereocenters. The Morgan fingerprint density at radius 3 is 2.81 bits per heavy atom. The molecule has 0 aliphatic carbocycles. The van der Waals surface area contributed by atoms with E-state index in [1.807, 2.05) is 16.8 Å². The Balaban J connectivity index is 1.51. The molecule has 2 aromatic heterocycles. The quantitative estimate of drug-likeness (QED) is 0.653. The maximum Gasteiger partial charge on any atom is 0.573 e. The Bertz CT molecular complexity index is 894. The fraction of sp³-hybridized carbons (Fsp3) is 0.235. The number of aromatic nitrogens is 2. The molecule has 0 radical (unpaired) electrons. The lowest BCUT2D eigenvalue weighted by atomic mass is 10.2. The average molecular weight is 397 g/mol. The van der Waals surface area contributed by atoms with Crippen molar-refractivity contribution in [1.29, 1.82) is 0 Å². The van der Waals surface area contributed by atoms with Gasteiger partial charge >= 0.3 is 6.36 Å². The number of nitrogens with zero attached hydrogens (tertiary/aromatic N) is 2. The summed E-state index contributed by atoms with van der Waals surface area (Å²) in [5.74, 6) is 0.0618. The number of hydrogen-bond donors (Lipinski definition) is 1. The van der Waals surface area contributed by atoms with E-state index >= 15 is 0 Å². The Hall–Kier alpha value is -2.88. The molecule has 0 fully saturated rings. The molecule has 0 saturated heterocycles. The van der Waals surface area contributed by atoms with E-state index in [-0.39, 0.29) is 36.6 Å². The van der Waals surface area contributed by atoms with Crippen molar-refractivity contribution in [3.8, 4) is 17.1 Å². The molecule has 0 aliphatic rings. The van der Waals surface area contributed by atoms with Gasteiger partial charge in [-0.25, -0.2) is 0 Å². The number of ether oxygens (including phenoxy) is 1. The van der Waals surface area contributed by atoms with E-state index in [1.54, 1.807) is 6.07 Å². The second-order valence-electron chi connectivity index (χ2n) is 5.46. The highest BCUT2D eigenvalue weighted by atomic mass is 32.1. The molecule has 10 heteroatoms. The number of rotatable bonds is 7. The topological polar surface area (TPSA) is 77.2 Å². The molecule has 3 aromatic rings. The van der Waals surface area contributed by atoms with E-state index in [4.69, 9.17) is 4.52 Å². The first kappa shape index (κ1) is 18.9. The molecule has 27 heavy (non-hydrogen) atoms. The van der Waals surface area contributed by atoms with E-state index in [0.29, 0.717) is 11.7 Å². The molecule has 1 N–H and O–H groups in total. The molecule has 142 valence electrons. The van der Waals surface area contributed by atoms with Crippen LogP contribution in [0, 0.1) is 0 Å². The summed E-state index contributed by atoms with van der Waals surface area (Å²) in [4.78, 5) is 16.2. The summed E-state index contributed by atoms with van der Waals surface area (Å²) in [5, 5.41) is 10.2. The van der Waals surface area contributed by atoms with Crippen molar-refractivity contribution >= 4 is 17.2 Å². The number of alkyl halides is 3. The normalized spacial score (nSPS) is 11.4. The van der Waals surface area contributed by atoms with Gasteiger partial charge in [0.25, 0.3) is 0 Å². The molecule has 2 heterocycles. The highest BCUT2D eigenvalue weighted by molar-refractivity contribution is 7.08. The summed E-state index contributed by atoms with van der Waals surface area (Å²) < 4.78 is 46.2. The number of carbonyl (C=O) groups excluding carboxylic acids is 1. The third-order valence-electron chi connectivity index (χ3n) is 3.49. The van der Waals surface area contributed by atoms with Gasteiger partial charge in [0.2, 0.25) is 17.6 Å². The smallest absolute Gasteiger partial charge is 0.405 e. The van der Waals surface area contributed by atoms with Crippen molar-refractivity contribution in [1.82, 2.24) is 15.5 Å². The van der Waals surface area contributed by atoms with Crippen molar-refractivity contribution in [2.45, 2.75) is 25.7 Å². The summed E-state index contributed by atoms with van der Waals surface area (Å²) in [6.07, 6.45) is -4.50. The van der Waals surface area contributed by atoms with Gasteiger partial charge in [0.1, 0.15) is 5.75 Å². The van der Waals surface area contributed by atoms with E-state index in [9.17, 15) is 18.0 Å². The molecule has 0 spiro atoms. The van der Waals surface area contributed by atoms with Gasteiger partial charge in [0.15, 0.2) is 0 Å². The van der Waals surface area contributed by atoms with Crippen LogP contribution >= 0.6 is 11.3 Å². The number of para-hydroxylation sites is 1. The van der Waals surface area contributed by atoms with Crippen LogP contribution in [0.25, 0.3) is 11.4 Å². The Morgan fingerprint density at radius 1 is 1.26 bits per heavy atom. The van der Waals surface area contributed by atoms with Gasteiger partial charge in [0, 0.05) is 35.9 Å². The first-order valence-corrected chi connectivity index (χ1v) is 8.80. The van der Waals surface area contributed by atoms with Gasteiger partial charge in [-0.15, -0.1) is 13.2 Å². The van der Waals surface area contributed by atoms with Crippen molar-refractivity contribution in [3.63, 3.8) is 0 Å². The second kappa shape index (κ2) is 8.21. The number of benzene rings is 1. The van der Waals surface area contributed by atoms with Crippen LogP contribution in [-0.2, 0) is 17.8 Å². The molecule has 1 amide bonds. The fourth-order valence-corrected chi connectivity index (χ4v) is 2.88. The average Bonchev–Trinajstić information content (AvgIpc) is 3.29. The standard InChI is InChI=1S/C17H14F3N3O3S/c18-17(19,20)25-13-4-2-1-3-11(13)9-21-14(24)5-6-15-22-16(23-26-15)12-7-8-27-10-12/h1-4,7-8,10H,5-6,9H2,(H,21,24). The lowest BCUT2D eigenvalue weighted by Gasteiger charge is -2.13. The number of hydrogen-bond acceptors (Lipinski definition) is 6.